The van der Waals surface area contributed by atoms with E-state index >= 15 is 0 Å². The van der Waals surface area contributed by atoms with Gasteiger partial charge in [-0.15, -0.1) is 0 Å². The van der Waals surface area contributed by atoms with E-state index in [9.17, 15) is 0 Å². The molecule has 4 heteroatoms. The second-order valence-electron chi connectivity index (χ2n) is 35.4. The standard InChI is InChI=1S/4C33H21N/c1-4-15-29(32-17-5-6-18-34-32)26(12-1)23-10-7-9-22(19-23)25-20-24-11-8-16-30-27-13-2-3-14-28(27)31(21-25)33(24)30;1-2-12-30-29(11-1)31-13-5-10-27-20-28(21-32(30)33(27)31)26-9-4-8-25(19-26)24-7-3-6-23(18-24)22-14-16-34-17-15-22;1-2-9-30-29(8-1)31-10-4-7-27-20-28(21-32(30)33(27)31)26-6-3-5-25(19-26)23-13-11-22(12-14-23)24-15-17-34-18-16-24;1-2-14-29-28(13-1)30-15-7-12-26-20-27(21-31(29)33(26)30)24-10-5-8-22(18-24)23-9-6-11-25(19-23)32-16-3-4-17-34-32/h4*1-21H. The average Bonchev–Trinajstić information content (AvgIpc) is 1.59. The molecule has 0 amide bonds. The van der Waals surface area contributed by atoms with Gasteiger partial charge in [0.1, 0.15) is 0 Å². The Morgan fingerprint density at radius 1 is 0.103 bits per heavy atom. The topological polar surface area (TPSA) is 51.6 Å². The van der Waals surface area contributed by atoms with Crippen molar-refractivity contribution in [3.8, 4) is 223 Å². The van der Waals surface area contributed by atoms with Crippen LogP contribution < -0.4 is 0 Å². The minimum absolute atomic E-state index is 0.992. The van der Waals surface area contributed by atoms with Gasteiger partial charge in [-0.1, -0.05) is 340 Å². The average molecular weight is 1730 g/mol. The van der Waals surface area contributed by atoms with Gasteiger partial charge in [-0.05, 0) is 377 Å². The largest absolute Gasteiger partial charge is 0.265 e. The molecule has 0 aliphatic heterocycles. The molecule has 28 rings (SSSR count). The third-order valence-electron chi connectivity index (χ3n) is 27.5. The third kappa shape index (κ3) is 14.7. The van der Waals surface area contributed by atoms with Gasteiger partial charge in [-0.3, -0.25) is 19.9 Å². The highest BCUT2D eigenvalue weighted by Gasteiger charge is 2.28. The highest BCUT2D eigenvalue weighted by Crippen LogP contribution is 2.54. The number of fused-ring (bicyclic) bond motifs is 12. The lowest BCUT2D eigenvalue weighted by atomic mass is 9.92. The first-order chi connectivity index (χ1) is 67.4. The zero-order chi connectivity index (χ0) is 89.9. The van der Waals surface area contributed by atoms with E-state index in [1.54, 1.807) is 0 Å². The Labute approximate surface area is 790 Å². The van der Waals surface area contributed by atoms with Gasteiger partial charge in [-0.2, -0.15) is 0 Å². The van der Waals surface area contributed by atoms with Gasteiger partial charge in [0.25, 0.3) is 0 Å². The first-order valence-electron chi connectivity index (χ1n) is 46.5. The van der Waals surface area contributed by atoms with Crippen LogP contribution in [0.4, 0.5) is 0 Å². The molecule has 20 aromatic carbocycles. The van der Waals surface area contributed by atoms with Crippen molar-refractivity contribution in [2.24, 2.45) is 0 Å². The van der Waals surface area contributed by atoms with Crippen molar-refractivity contribution in [1.29, 1.82) is 0 Å². The number of hydrogen-bond acceptors (Lipinski definition) is 4. The monoisotopic (exact) mass is 1720 g/mol. The van der Waals surface area contributed by atoms with Crippen LogP contribution in [0.15, 0.2) is 510 Å². The second-order valence-corrected chi connectivity index (χ2v) is 35.4. The zero-order valence-electron chi connectivity index (χ0n) is 74.3. The van der Waals surface area contributed by atoms with Crippen molar-refractivity contribution in [3.63, 3.8) is 0 Å². The minimum atomic E-state index is 0.992. The van der Waals surface area contributed by atoms with Crippen molar-refractivity contribution in [1.82, 2.24) is 19.9 Å². The van der Waals surface area contributed by atoms with E-state index in [0.29, 0.717) is 0 Å². The summed E-state index contributed by atoms with van der Waals surface area (Å²) in [5, 5.41) is 10.7. The predicted molar refractivity (Wildman–Crippen MR) is 570 cm³/mol. The first-order valence-corrected chi connectivity index (χ1v) is 46.5. The highest BCUT2D eigenvalue weighted by atomic mass is 14.7. The lowest BCUT2D eigenvalue weighted by Crippen LogP contribution is -1.88. The summed E-state index contributed by atoms with van der Waals surface area (Å²) in [7, 11) is 0. The first kappa shape index (κ1) is 80.1. The number of nitrogens with zero attached hydrogens (tertiary/aromatic N) is 4. The molecule has 4 aliphatic rings. The smallest absolute Gasteiger partial charge is 0.0708 e. The molecule has 0 atom stereocenters. The molecule has 0 unspecified atom stereocenters. The van der Waals surface area contributed by atoms with E-state index in [-0.39, 0.29) is 0 Å². The van der Waals surface area contributed by atoms with Crippen molar-refractivity contribution in [3.05, 3.63) is 510 Å². The molecule has 0 spiro atoms. The van der Waals surface area contributed by atoms with E-state index in [1.807, 2.05) is 73.6 Å². The Kier molecular flexibility index (Phi) is 20.3. The molecule has 0 saturated heterocycles. The van der Waals surface area contributed by atoms with E-state index in [1.165, 1.54) is 243 Å². The maximum atomic E-state index is 4.60. The van der Waals surface area contributed by atoms with E-state index in [0.717, 1.165) is 22.5 Å². The van der Waals surface area contributed by atoms with Gasteiger partial charge in [0, 0.05) is 48.3 Å². The Bertz CT molecular complexity index is 8570. The second kappa shape index (κ2) is 34.4. The molecule has 0 fully saturated rings. The Balaban J connectivity index is 0.0000000965. The van der Waals surface area contributed by atoms with Gasteiger partial charge in [0.05, 0.1) is 11.4 Å². The molecule has 24 aromatic rings. The number of hydrogen-bond donors (Lipinski definition) is 0. The fourth-order valence-electron chi connectivity index (χ4n) is 21.1. The predicted octanol–water partition coefficient (Wildman–Crippen LogP) is 35.5. The van der Waals surface area contributed by atoms with Crippen LogP contribution in [0.25, 0.3) is 266 Å². The molecule has 4 aliphatic carbocycles. The maximum absolute atomic E-state index is 4.60. The fourth-order valence-corrected chi connectivity index (χ4v) is 21.1. The molecule has 4 heterocycles. The summed E-state index contributed by atoms with van der Waals surface area (Å²) in [6.45, 7) is 0. The van der Waals surface area contributed by atoms with Crippen LogP contribution in [-0.2, 0) is 0 Å². The molecular formula is C132H84N4. The molecule has 0 saturated carbocycles. The Hall–Kier alpha value is -18.0. The van der Waals surface area contributed by atoms with Crippen LogP contribution in [0.1, 0.15) is 0 Å². The highest BCUT2D eigenvalue weighted by molar-refractivity contribution is 6.20. The number of aromatic nitrogens is 4. The third-order valence-corrected chi connectivity index (χ3v) is 27.5. The van der Waals surface area contributed by atoms with Crippen LogP contribution in [0.5, 0.6) is 0 Å². The molecule has 4 aromatic heterocycles. The lowest BCUT2D eigenvalue weighted by Gasteiger charge is -2.12. The van der Waals surface area contributed by atoms with Crippen molar-refractivity contribution in [2.75, 3.05) is 0 Å². The van der Waals surface area contributed by atoms with Crippen molar-refractivity contribution in [2.45, 2.75) is 0 Å². The van der Waals surface area contributed by atoms with Crippen LogP contribution in [0.3, 0.4) is 0 Å². The van der Waals surface area contributed by atoms with E-state index in [4.69, 9.17) is 0 Å². The Morgan fingerprint density at radius 3 is 0.647 bits per heavy atom. The van der Waals surface area contributed by atoms with Gasteiger partial charge < -0.3 is 0 Å². The quantitative estimate of drug-likeness (QED) is 0.122. The van der Waals surface area contributed by atoms with Crippen LogP contribution in [-0.4, -0.2) is 19.9 Å². The molecule has 136 heavy (non-hydrogen) atoms. The number of pyridine rings is 4. The van der Waals surface area contributed by atoms with Crippen molar-refractivity contribution < 1.29 is 0 Å². The molecule has 0 radical (unpaired) electrons. The normalized spacial score (nSPS) is 11.5. The summed E-state index contributed by atoms with van der Waals surface area (Å²) >= 11 is 0. The summed E-state index contributed by atoms with van der Waals surface area (Å²) in [5.41, 5.74) is 50.0. The summed E-state index contributed by atoms with van der Waals surface area (Å²) < 4.78 is 0. The molecule has 632 valence electrons. The summed E-state index contributed by atoms with van der Waals surface area (Å²) in [6.07, 6.45) is 11.1. The fraction of sp³-hybridized carbons (Fsp3) is 0. The molecular weight excluding hydrogens is 1640 g/mol. The SMILES string of the molecule is c1cc(-c2ccc(-c3ccncc3)cc2)cc(-c2cc3c4c(cccc4c2)-c2ccccc2-3)c1.c1cc(-c2ccncc2)cc(-c2cccc(-c3cc4c5c(cccc5c3)-c3ccccc3-4)c2)c1.c1ccc(-c2cccc(-c3cccc(-c4cc5c6c(cccc6c4)-c4ccccc4-5)c3)c2)nc1.c1ccc(-c2ccccc2-c2cccc(-c3cc4c5c(cccc5c3)-c3ccccc3-4)c2)nc1. The number of rotatable bonds is 12. The van der Waals surface area contributed by atoms with Gasteiger partial charge >= 0.3 is 0 Å². The molecule has 4 nitrogen and oxygen atoms in total. The van der Waals surface area contributed by atoms with Gasteiger partial charge in [-0.25, -0.2) is 0 Å². The summed E-state index contributed by atoms with van der Waals surface area (Å²) in [5.74, 6) is 0. The Morgan fingerprint density at radius 2 is 0.324 bits per heavy atom. The minimum Gasteiger partial charge on any atom is -0.265 e. The van der Waals surface area contributed by atoms with Crippen LogP contribution in [0.2, 0.25) is 0 Å². The summed E-state index contributed by atoms with van der Waals surface area (Å²) in [4.78, 5) is 17.4. The van der Waals surface area contributed by atoms with Crippen LogP contribution >= 0.6 is 0 Å². The van der Waals surface area contributed by atoms with Crippen LogP contribution in [0, 0.1) is 0 Å². The van der Waals surface area contributed by atoms with Gasteiger partial charge in [0.2, 0.25) is 0 Å². The van der Waals surface area contributed by atoms with Crippen molar-refractivity contribution >= 4 is 43.1 Å². The van der Waals surface area contributed by atoms with E-state index in [2.05, 4.69) is 457 Å². The maximum Gasteiger partial charge on any atom is 0.0708 e. The number of benzene rings is 20. The lowest BCUT2D eigenvalue weighted by molar-refractivity contribution is 1.33. The zero-order valence-corrected chi connectivity index (χ0v) is 74.3. The molecule has 0 N–H and O–H groups in total. The van der Waals surface area contributed by atoms with E-state index < -0.39 is 0 Å². The van der Waals surface area contributed by atoms with Gasteiger partial charge in [0.15, 0.2) is 0 Å². The molecule has 0 bridgehead atoms. The summed E-state index contributed by atoms with van der Waals surface area (Å²) in [6, 6.07) is 171.